The van der Waals surface area contributed by atoms with Gasteiger partial charge in [0.15, 0.2) is 0 Å². The zero-order chi connectivity index (χ0) is 29.2. The zero-order valence-corrected chi connectivity index (χ0v) is 26.8. The van der Waals surface area contributed by atoms with Crippen LogP contribution in [0.3, 0.4) is 0 Å². The molecule has 10 nitrogen and oxygen atoms in total. The lowest BCUT2D eigenvalue weighted by Crippen LogP contribution is -2.72. The van der Waals surface area contributed by atoms with Crippen LogP contribution in [0.4, 0.5) is 4.79 Å². The van der Waals surface area contributed by atoms with Crippen LogP contribution in [-0.2, 0) is 33.2 Å². The minimum absolute atomic E-state index is 0.144. The molecule has 3 fully saturated rings. The van der Waals surface area contributed by atoms with Gasteiger partial charge in [0.1, 0.15) is 24.5 Å². The van der Waals surface area contributed by atoms with E-state index >= 15 is 0 Å². The maximum absolute atomic E-state index is 13.2. The minimum Gasteiger partial charge on any atom is -0.465 e. The second kappa shape index (κ2) is 12.3. The highest BCUT2D eigenvalue weighted by molar-refractivity contribution is 6.76. The van der Waals surface area contributed by atoms with Crippen LogP contribution in [-0.4, -0.2) is 114 Å². The first-order valence-electron chi connectivity index (χ1n) is 14.3. The Morgan fingerprint density at radius 2 is 1.77 bits per heavy atom. The third-order valence-electron chi connectivity index (χ3n) is 8.59. The van der Waals surface area contributed by atoms with Crippen LogP contribution in [0.25, 0.3) is 0 Å². The standard InChI is InChI=1S/C28H52N2O8Si/c1-11-36-23(31)21-17-27-18-30(25(32)38-26(2,3)4)13-12-20(27)16-22(37-19-35-14-15-39(8,9)10)28(33-6,34-7)24(27)29(21)5/h20-22,24H,11-19H2,1-10H3. The first-order valence-corrected chi connectivity index (χ1v) is 18.0. The Morgan fingerprint density at radius 1 is 1.10 bits per heavy atom. The number of esters is 1. The van der Waals surface area contributed by atoms with Crippen molar-refractivity contribution in [3.63, 3.8) is 0 Å². The van der Waals surface area contributed by atoms with Crippen LogP contribution >= 0.6 is 0 Å². The molecule has 3 aliphatic rings. The maximum Gasteiger partial charge on any atom is 0.410 e. The average Bonchev–Trinajstić information content (AvgIpc) is 3.13. The zero-order valence-electron chi connectivity index (χ0n) is 25.8. The summed E-state index contributed by atoms with van der Waals surface area (Å²) in [6, 6.07) is 0.192. The molecule has 226 valence electrons. The SMILES string of the molecule is CCOC(=O)C1CC23CN(C(=O)OC(C)(C)C)CCC2CC(OCOCC[Si](C)(C)C)C(OC)(OC)C3N1C. The van der Waals surface area contributed by atoms with Crippen molar-refractivity contribution in [1.29, 1.82) is 0 Å². The van der Waals surface area contributed by atoms with Gasteiger partial charge in [0.2, 0.25) is 5.79 Å². The molecule has 2 heterocycles. The van der Waals surface area contributed by atoms with Crippen LogP contribution in [0, 0.1) is 11.3 Å². The molecule has 0 aromatic carbocycles. The van der Waals surface area contributed by atoms with E-state index in [0.717, 1.165) is 12.5 Å². The van der Waals surface area contributed by atoms with Crippen LogP contribution in [0.2, 0.25) is 25.7 Å². The van der Waals surface area contributed by atoms with Gasteiger partial charge in [-0.2, -0.15) is 0 Å². The molecule has 1 aliphatic carbocycles. The smallest absolute Gasteiger partial charge is 0.410 e. The van der Waals surface area contributed by atoms with Crippen molar-refractivity contribution in [3.05, 3.63) is 0 Å². The predicted molar refractivity (Wildman–Crippen MR) is 150 cm³/mol. The number of methoxy groups -OCH3 is 2. The Hall–Kier alpha value is -1.24. The number of carbonyl (C=O) groups is 2. The van der Waals surface area contributed by atoms with Gasteiger partial charge in [-0.3, -0.25) is 9.69 Å². The molecular formula is C28H52N2O8Si. The highest BCUT2D eigenvalue weighted by Gasteiger charge is 2.71. The van der Waals surface area contributed by atoms with Crippen LogP contribution in [0.1, 0.15) is 47.0 Å². The lowest BCUT2D eigenvalue weighted by Gasteiger charge is -2.60. The molecule has 0 aromatic heterocycles. The summed E-state index contributed by atoms with van der Waals surface area (Å²) < 4.78 is 35.9. The molecule has 39 heavy (non-hydrogen) atoms. The molecule has 0 N–H and O–H groups in total. The van der Waals surface area contributed by atoms with E-state index in [0.29, 0.717) is 39.1 Å². The van der Waals surface area contributed by atoms with E-state index < -0.39 is 37.0 Å². The highest BCUT2D eigenvalue weighted by atomic mass is 28.3. The van der Waals surface area contributed by atoms with E-state index in [4.69, 9.17) is 28.4 Å². The van der Waals surface area contributed by atoms with Crippen molar-refractivity contribution >= 4 is 20.1 Å². The molecular weight excluding hydrogens is 520 g/mol. The molecule has 2 saturated heterocycles. The van der Waals surface area contributed by atoms with E-state index in [9.17, 15) is 9.59 Å². The normalized spacial score (nSPS) is 31.0. The third kappa shape index (κ3) is 6.81. The lowest BCUT2D eigenvalue weighted by atomic mass is 9.57. The second-order valence-corrected chi connectivity index (χ2v) is 19.1. The summed E-state index contributed by atoms with van der Waals surface area (Å²) in [5, 5.41) is 0. The Balaban J connectivity index is 1.94. The molecule has 3 rings (SSSR count). The summed E-state index contributed by atoms with van der Waals surface area (Å²) in [6.07, 6.45) is 1.20. The quantitative estimate of drug-likeness (QED) is 0.167. The summed E-state index contributed by atoms with van der Waals surface area (Å²) >= 11 is 0. The number of carbonyl (C=O) groups excluding carboxylic acids is 2. The second-order valence-electron chi connectivity index (χ2n) is 13.5. The van der Waals surface area contributed by atoms with Gasteiger partial charge in [-0.05, 0) is 66.0 Å². The number of ether oxygens (including phenoxy) is 6. The Bertz CT molecular complexity index is 855. The van der Waals surface area contributed by atoms with Crippen LogP contribution in [0.15, 0.2) is 0 Å². The van der Waals surface area contributed by atoms with Gasteiger partial charge in [0, 0.05) is 47.4 Å². The fourth-order valence-electron chi connectivity index (χ4n) is 6.83. The fraction of sp³-hybridized carbons (Fsp3) is 0.929. The summed E-state index contributed by atoms with van der Waals surface area (Å²) in [4.78, 5) is 30.2. The van der Waals surface area contributed by atoms with E-state index in [1.54, 1.807) is 19.1 Å². The monoisotopic (exact) mass is 572 g/mol. The van der Waals surface area contributed by atoms with Gasteiger partial charge in [-0.15, -0.1) is 0 Å². The highest BCUT2D eigenvalue weighted by Crippen LogP contribution is 2.60. The number of likely N-dealkylation sites (tertiary alicyclic amines) is 2. The van der Waals surface area contributed by atoms with Gasteiger partial charge >= 0.3 is 12.1 Å². The molecule has 0 bridgehead atoms. The predicted octanol–water partition coefficient (Wildman–Crippen LogP) is 3.96. The molecule has 5 atom stereocenters. The van der Waals surface area contributed by atoms with Crippen molar-refractivity contribution in [2.75, 3.05) is 54.4 Å². The van der Waals surface area contributed by atoms with E-state index in [2.05, 4.69) is 19.6 Å². The van der Waals surface area contributed by atoms with E-state index in [-0.39, 0.29) is 30.8 Å². The Labute approximate surface area is 235 Å². The third-order valence-corrected chi connectivity index (χ3v) is 10.3. The van der Waals surface area contributed by atoms with Crippen molar-refractivity contribution in [1.82, 2.24) is 9.80 Å². The summed E-state index contributed by atoms with van der Waals surface area (Å²) in [5.74, 6) is -1.27. The van der Waals surface area contributed by atoms with Crippen LogP contribution < -0.4 is 0 Å². The number of amides is 1. The topological polar surface area (TPSA) is 96.0 Å². The number of rotatable bonds is 10. The molecule has 2 aliphatic heterocycles. The first-order chi connectivity index (χ1) is 18.1. The average molecular weight is 573 g/mol. The number of hydrogen-bond donors (Lipinski definition) is 0. The van der Waals surface area contributed by atoms with Crippen molar-refractivity contribution < 1.29 is 38.0 Å². The Morgan fingerprint density at radius 3 is 2.33 bits per heavy atom. The molecule has 1 saturated carbocycles. The number of likely N-dealkylation sites (N-methyl/N-ethyl adjacent to an activating group) is 1. The molecule has 1 spiro atoms. The van der Waals surface area contributed by atoms with Gasteiger partial charge in [-0.1, -0.05) is 19.6 Å². The maximum atomic E-state index is 13.2. The van der Waals surface area contributed by atoms with E-state index in [1.807, 2.05) is 39.6 Å². The molecule has 1 amide bonds. The summed E-state index contributed by atoms with van der Waals surface area (Å²) in [5.41, 5.74) is -1.08. The molecule has 5 unspecified atom stereocenters. The molecule has 0 radical (unpaired) electrons. The van der Waals surface area contributed by atoms with Gasteiger partial charge in [0.25, 0.3) is 0 Å². The lowest BCUT2D eigenvalue weighted by molar-refractivity contribution is -0.341. The van der Waals surface area contributed by atoms with Crippen molar-refractivity contribution in [2.24, 2.45) is 11.3 Å². The number of piperidine rings is 1. The largest absolute Gasteiger partial charge is 0.465 e. The van der Waals surface area contributed by atoms with Gasteiger partial charge in [0.05, 0.1) is 12.6 Å². The summed E-state index contributed by atoms with van der Waals surface area (Å²) in [6.45, 7) is 16.5. The fourth-order valence-corrected chi connectivity index (χ4v) is 7.59. The van der Waals surface area contributed by atoms with E-state index in [1.165, 1.54) is 0 Å². The summed E-state index contributed by atoms with van der Waals surface area (Å²) in [7, 11) is 3.95. The van der Waals surface area contributed by atoms with Gasteiger partial charge in [-0.25, -0.2) is 4.79 Å². The first kappa shape index (κ1) is 32.3. The van der Waals surface area contributed by atoms with Crippen LogP contribution in [0.5, 0.6) is 0 Å². The minimum atomic E-state index is -1.22. The number of hydrogen-bond acceptors (Lipinski definition) is 9. The molecule has 11 heteroatoms. The van der Waals surface area contributed by atoms with Gasteiger partial charge < -0.3 is 33.3 Å². The Kier molecular flexibility index (Phi) is 10.2. The van der Waals surface area contributed by atoms with Crippen molar-refractivity contribution in [2.45, 2.75) is 102 Å². The number of nitrogens with zero attached hydrogens (tertiary/aromatic N) is 2. The van der Waals surface area contributed by atoms with Crippen molar-refractivity contribution in [3.8, 4) is 0 Å². The molecule has 0 aromatic rings.